The van der Waals surface area contributed by atoms with Crippen molar-refractivity contribution in [1.29, 1.82) is 0 Å². The molecule has 0 saturated carbocycles. The van der Waals surface area contributed by atoms with Crippen LogP contribution in [0.2, 0.25) is 0 Å². The molecular weight excluding hydrogens is 378 g/mol. The van der Waals surface area contributed by atoms with Crippen LogP contribution in [-0.4, -0.2) is 25.4 Å². The van der Waals surface area contributed by atoms with E-state index in [1.807, 2.05) is 36.4 Å². The first-order chi connectivity index (χ1) is 14.5. The van der Waals surface area contributed by atoms with Crippen molar-refractivity contribution in [3.05, 3.63) is 71.0 Å². The van der Waals surface area contributed by atoms with E-state index < -0.39 is 0 Å². The number of nitrogens with one attached hydrogen (secondary N) is 2. The second kappa shape index (κ2) is 8.49. The summed E-state index contributed by atoms with van der Waals surface area (Å²) in [4.78, 5) is 37.6. The number of rotatable bonds is 7. The van der Waals surface area contributed by atoms with E-state index in [1.165, 1.54) is 10.9 Å². The monoisotopic (exact) mass is 403 g/mol. The normalized spacial score (nSPS) is 12.5. The van der Waals surface area contributed by atoms with Crippen molar-refractivity contribution in [3.8, 4) is 0 Å². The Hall–Kier alpha value is -3.48. The maximum atomic E-state index is 12.7. The molecule has 2 N–H and O–H groups in total. The van der Waals surface area contributed by atoms with E-state index in [9.17, 15) is 9.59 Å². The van der Waals surface area contributed by atoms with E-state index in [-0.39, 0.29) is 30.5 Å². The minimum atomic E-state index is -0.212. The van der Waals surface area contributed by atoms with E-state index >= 15 is 0 Å². The number of aryl methyl sites for hydroxylation is 1. The van der Waals surface area contributed by atoms with Gasteiger partial charge in [0.25, 0.3) is 5.56 Å². The molecule has 4 aromatic rings. The lowest BCUT2D eigenvalue weighted by Gasteiger charge is -2.19. The smallest absolute Gasteiger partial charge is 0.261 e. The molecule has 0 aliphatic heterocycles. The van der Waals surface area contributed by atoms with Gasteiger partial charge in [0.15, 0.2) is 0 Å². The molecule has 0 aliphatic rings. The largest absolute Gasteiger partial charge is 0.346 e. The zero-order valence-corrected chi connectivity index (χ0v) is 17.1. The summed E-state index contributed by atoms with van der Waals surface area (Å²) in [6.45, 7) is 4.50. The summed E-state index contributed by atoms with van der Waals surface area (Å²) in [6.07, 6.45) is 2.46. The third kappa shape index (κ3) is 4.25. The molecule has 1 amide bonds. The summed E-state index contributed by atoms with van der Waals surface area (Å²) in [5.41, 5.74) is 2.35. The lowest BCUT2D eigenvalue weighted by atomic mass is 10.0. The molecule has 7 nitrogen and oxygen atoms in total. The predicted octanol–water partition coefficient (Wildman–Crippen LogP) is 3.57. The third-order valence-electron chi connectivity index (χ3n) is 5.09. The van der Waals surface area contributed by atoms with E-state index in [0.717, 1.165) is 23.3 Å². The summed E-state index contributed by atoms with van der Waals surface area (Å²) in [5, 5.41) is 3.64. The maximum absolute atomic E-state index is 12.7. The summed E-state index contributed by atoms with van der Waals surface area (Å²) >= 11 is 0. The second-order valence-corrected chi connectivity index (χ2v) is 7.90. The number of H-pyrrole nitrogens is 1. The molecule has 0 unspecified atom stereocenters. The van der Waals surface area contributed by atoms with E-state index in [4.69, 9.17) is 0 Å². The Morgan fingerprint density at radius 1 is 1.10 bits per heavy atom. The van der Waals surface area contributed by atoms with E-state index in [1.54, 1.807) is 12.1 Å². The number of benzene rings is 2. The number of hydrogen-bond donors (Lipinski definition) is 2. The van der Waals surface area contributed by atoms with Crippen LogP contribution < -0.4 is 10.9 Å². The molecule has 30 heavy (non-hydrogen) atoms. The first-order valence-corrected chi connectivity index (χ1v) is 10.2. The first-order valence-electron chi connectivity index (χ1n) is 10.2. The molecule has 0 saturated heterocycles. The van der Waals surface area contributed by atoms with Crippen LogP contribution in [0, 0.1) is 5.92 Å². The predicted molar refractivity (Wildman–Crippen MR) is 117 cm³/mol. The van der Waals surface area contributed by atoms with Crippen LogP contribution in [0.4, 0.5) is 0 Å². The number of imidazole rings is 1. The van der Waals surface area contributed by atoms with Gasteiger partial charge in [0.2, 0.25) is 5.91 Å². The molecular formula is C23H25N5O2. The number of fused-ring (bicyclic) bond motifs is 2. The van der Waals surface area contributed by atoms with Gasteiger partial charge in [-0.15, -0.1) is 0 Å². The lowest BCUT2D eigenvalue weighted by molar-refractivity contribution is -0.122. The van der Waals surface area contributed by atoms with Gasteiger partial charge in [0, 0.05) is 13.0 Å². The summed E-state index contributed by atoms with van der Waals surface area (Å²) < 4.78 is 1.49. The van der Waals surface area contributed by atoms with Crippen molar-refractivity contribution >= 4 is 27.8 Å². The quantitative estimate of drug-likeness (QED) is 0.493. The molecule has 0 aliphatic carbocycles. The Morgan fingerprint density at radius 2 is 1.83 bits per heavy atom. The molecule has 0 fully saturated rings. The highest BCUT2D eigenvalue weighted by Crippen LogP contribution is 2.22. The lowest BCUT2D eigenvalue weighted by Crippen LogP contribution is -2.32. The topological polar surface area (TPSA) is 92.7 Å². The molecule has 0 radical (unpaired) electrons. The summed E-state index contributed by atoms with van der Waals surface area (Å²) in [6, 6.07) is 14.8. The van der Waals surface area contributed by atoms with Gasteiger partial charge in [0.1, 0.15) is 5.82 Å². The molecule has 7 heteroatoms. The fourth-order valence-electron chi connectivity index (χ4n) is 3.60. The van der Waals surface area contributed by atoms with Gasteiger partial charge in [0.05, 0.1) is 34.3 Å². The molecule has 154 valence electrons. The average molecular weight is 403 g/mol. The number of nitrogens with zero attached hydrogens (tertiary/aromatic N) is 3. The van der Waals surface area contributed by atoms with Crippen LogP contribution in [0.3, 0.4) is 0 Å². The number of aromatic nitrogens is 4. The Kier molecular flexibility index (Phi) is 5.61. The Bertz CT molecular complexity index is 1210. The Balaban J connectivity index is 1.48. The van der Waals surface area contributed by atoms with E-state index in [2.05, 4.69) is 34.1 Å². The highest BCUT2D eigenvalue weighted by Gasteiger charge is 2.20. The Morgan fingerprint density at radius 3 is 2.60 bits per heavy atom. The summed E-state index contributed by atoms with van der Waals surface area (Å²) in [5.74, 6) is 1.01. The van der Waals surface area contributed by atoms with Crippen LogP contribution in [0.25, 0.3) is 21.9 Å². The average Bonchev–Trinajstić information content (AvgIpc) is 3.17. The highest BCUT2D eigenvalue weighted by molar-refractivity contribution is 5.78. The zero-order chi connectivity index (χ0) is 21.1. The first kappa shape index (κ1) is 19.8. The molecule has 1 atom stereocenters. The number of amides is 1. The van der Waals surface area contributed by atoms with Gasteiger partial charge in [-0.25, -0.2) is 9.97 Å². The standard InChI is InChI=1S/C23H25N5O2/c1-15(2)13-20(22-26-18-9-5-6-10-19(18)27-22)25-21(29)11-12-28-14-24-17-8-4-3-7-16(17)23(28)30/h3-10,14-15,20H,11-13H2,1-2H3,(H,25,29)(H,26,27)/t20-/m1/s1. The fraction of sp³-hybridized carbons (Fsp3) is 0.304. The minimum absolute atomic E-state index is 0.124. The minimum Gasteiger partial charge on any atom is -0.346 e. The second-order valence-electron chi connectivity index (χ2n) is 7.90. The van der Waals surface area contributed by atoms with Crippen LogP contribution in [0.1, 0.15) is 38.6 Å². The third-order valence-corrected chi connectivity index (χ3v) is 5.09. The van der Waals surface area contributed by atoms with Crippen molar-refractivity contribution in [3.63, 3.8) is 0 Å². The van der Waals surface area contributed by atoms with Gasteiger partial charge in [-0.2, -0.15) is 0 Å². The number of para-hydroxylation sites is 3. The number of carbonyl (C=O) groups excluding carboxylic acids is 1. The van der Waals surface area contributed by atoms with Crippen LogP contribution in [0.5, 0.6) is 0 Å². The Labute approximate surface area is 174 Å². The van der Waals surface area contributed by atoms with Crippen molar-refractivity contribution in [2.75, 3.05) is 0 Å². The highest BCUT2D eigenvalue weighted by atomic mass is 16.2. The van der Waals surface area contributed by atoms with Crippen LogP contribution >= 0.6 is 0 Å². The number of aromatic amines is 1. The van der Waals surface area contributed by atoms with Gasteiger partial charge < -0.3 is 10.3 Å². The molecule has 4 rings (SSSR count). The van der Waals surface area contributed by atoms with Gasteiger partial charge in [-0.05, 0) is 36.6 Å². The van der Waals surface area contributed by atoms with Gasteiger partial charge in [-0.1, -0.05) is 38.1 Å². The number of carbonyl (C=O) groups is 1. The van der Waals surface area contributed by atoms with Crippen LogP contribution in [-0.2, 0) is 11.3 Å². The SMILES string of the molecule is CC(C)C[C@@H](NC(=O)CCn1cnc2ccccc2c1=O)c1nc2ccccc2[nH]1. The van der Waals surface area contributed by atoms with E-state index in [0.29, 0.717) is 16.8 Å². The molecule has 0 bridgehead atoms. The maximum Gasteiger partial charge on any atom is 0.261 e. The van der Waals surface area contributed by atoms with Gasteiger partial charge in [-0.3, -0.25) is 14.2 Å². The molecule has 2 aromatic carbocycles. The zero-order valence-electron chi connectivity index (χ0n) is 17.1. The van der Waals surface area contributed by atoms with Crippen LogP contribution in [0.15, 0.2) is 59.7 Å². The van der Waals surface area contributed by atoms with Crippen molar-refractivity contribution < 1.29 is 4.79 Å². The molecule has 2 aromatic heterocycles. The molecule has 0 spiro atoms. The van der Waals surface area contributed by atoms with Gasteiger partial charge >= 0.3 is 0 Å². The van der Waals surface area contributed by atoms with Crippen molar-refractivity contribution in [2.45, 2.75) is 39.3 Å². The molecule has 2 heterocycles. The summed E-state index contributed by atoms with van der Waals surface area (Å²) in [7, 11) is 0. The van der Waals surface area contributed by atoms with Crippen molar-refractivity contribution in [2.24, 2.45) is 5.92 Å². The fourth-order valence-corrected chi connectivity index (χ4v) is 3.60. The van der Waals surface area contributed by atoms with Crippen molar-refractivity contribution in [1.82, 2.24) is 24.8 Å². The number of hydrogen-bond acceptors (Lipinski definition) is 4.